The molecule has 0 unspecified atom stereocenters. The Morgan fingerprint density at radius 2 is 2.00 bits per heavy atom. The molecule has 0 aliphatic heterocycles. The lowest BCUT2D eigenvalue weighted by molar-refractivity contribution is -0.115. The van der Waals surface area contributed by atoms with E-state index in [1.807, 2.05) is 24.3 Å². The van der Waals surface area contributed by atoms with E-state index in [0.717, 1.165) is 48.9 Å². The van der Waals surface area contributed by atoms with E-state index < -0.39 is 0 Å². The number of hydrogen-bond acceptors (Lipinski definition) is 7. The predicted molar refractivity (Wildman–Crippen MR) is 121 cm³/mol. The van der Waals surface area contributed by atoms with Crippen LogP contribution in [0.2, 0.25) is 0 Å². The van der Waals surface area contributed by atoms with E-state index in [0.29, 0.717) is 23.7 Å². The number of fused-ring (bicyclic) bond motifs is 1. The highest BCUT2D eigenvalue weighted by Crippen LogP contribution is 2.38. The Hall–Kier alpha value is -3.11. The SMILES string of the molecule is COCCCNC(=O)c1c(NC(=O)Cc2ccc(-n3cnnn3)cc2)sc2c1CCCC2. The number of hydrogen-bond donors (Lipinski definition) is 2. The standard InChI is InChI=1S/C22H26N6O3S/c1-31-12-4-11-23-21(30)20-17-5-2-3-6-18(17)32-22(20)25-19(29)13-15-7-9-16(10-8-15)28-14-24-26-27-28/h7-10,14H,2-6,11-13H2,1H3,(H,23,30)(H,25,29). The molecule has 0 radical (unpaired) electrons. The number of thiophene rings is 1. The van der Waals surface area contributed by atoms with E-state index >= 15 is 0 Å². The monoisotopic (exact) mass is 454 g/mol. The zero-order chi connectivity index (χ0) is 22.3. The summed E-state index contributed by atoms with van der Waals surface area (Å²) in [6, 6.07) is 7.47. The van der Waals surface area contributed by atoms with Crippen LogP contribution in [0.5, 0.6) is 0 Å². The van der Waals surface area contributed by atoms with Gasteiger partial charge in [-0.15, -0.1) is 16.4 Å². The number of methoxy groups -OCH3 is 1. The third-order valence-corrected chi connectivity index (χ3v) is 6.58. The number of nitrogens with one attached hydrogen (secondary N) is 2. The molecule has 0 atom stereocenters. The zero-order valence-electron chi connectivity index (χ0n) is 18.0. The van der Waals surface area contributed by atoms with Gasteiger partial charge in [0.1, 0.15) is 11.3 Å². The van der Waals surface area contributed by atoms with Crippen molar-refractivity contribution in [2.75, 3.05) is 25.6 Å². The summed E-state index contributed by atoms with van der Waals surface area (Å²) in [6.07, 6.45) is 6.49. The third kappa shape index (κ3) is 5.20. The number of tetrazole rings is 1. The molecule has 1 aliphatic carbocycles. The van der Waals surface area contributed by atoms with Gasteiger partial charge in [-0.25, -0.2) is 4.68 Å². The van der Waals surface area contributed by atoms with E-state index in [9.17, 15) is 9.59 Å². The highest BCUT2D eigenvalue weighted by molar-refractivity contribution is 7.17. The van der Waals surface area contributed by atoms with Crippen molar-refractivity contribution in [3.05, 3.63) is 52.2 Å². The van der Waals surface area contributed by atoms with Crippen molar-refractivity contribution < 1.29 is 14.3 Å². The molecule has 2 aromatic heterocycles. The summed E-state index contributed by atoms with van der Waals surface area (Å²) in [5.74, 6) is -0.270. The summed E-state index contributed by atoms with van der Waals surface area (Å²) in [6.45, 7) is 1.14. The molecule has 4 rings (SSSR count). The first-order valence-corrected chi connectivity index (χ1v) is 11.5. The molecule has 0 bridgehead atoms. The number of carbonyl (C=O) groups excluding carboxylic acids is 2. The number of ether oxygens (including phenoxy) is 1. The zero-order valence-corrected chi connectivity index (χ0v) is 18.8. The number of aromatic nitrogens is 4. The van der Waals surface area contributed by atoms with Gasteiger partial charge < -0.3 is 15.4 Å². The normalized spacial score (nSPS) is 12.9. The molecule has 10 heteroatoms. The van der Waals surface area contributed by atoms with Gasteiger partial charge in [-0.1, -0.05) is 12.1 Å². The van der Waals surface area contributed by atoms with E-state index in [2.05, 4.69) is 26.2 Å². The molecule has 2 amide bonds. The van der Waals surface area contributed by atoms with E-state index in [1.165, 1.54) is 22.5 Å². The summed E-state index contributed by atoms with van der Waals surface area (Å²) in [5.41, 5.74) is 3.40. The van der Waals surface area contributed by atoms with Gasteiger partial charge in [-0.05, 0) is 65.8 Å². The van der Waals surface area contributed by atoms with Gasteiger partial charge in [0.15, 0.2) is 0 Å². The molecule has 2 N–H and O–H groups in total. The van der Waals surface area contributed by atoms with Crippen LogP contribution in [0.3, 0.4) is 0 Å². The minimum Gasteiger partial charge on any atom is -0.385 e. The second-order valence-corrected chi connectivity index (χ2v) is 8.77. The lowest BCUT2D eigenvalue weighted by Gasteiger charge is -2.13. The Labute approximate surface area is 190 Å². The largest absolute Gasteiger partial charge is 0.385 e. The molecule has 3 aromatic rings. The number of rotatable bonds is 9. The fraction of sp³-hybridized carbons (Fsp3) is 0.409. The second kappa shape index (κ2) is 10.5. The quantitative estimate of drug-likeness (QED) is 0.481. The van der Waals surface area contributed by atoms with Gasteiger partial charge in [0.05, 0.1) is 17.7 Å². The molecule has 2 heterocycles. The number of carbonyl (C=O) groups is 2. The van der Waals surface area contributed by atoms with Crippen LogP contribution in [0, 0.1) is 0 Å². The summed E-state index contributed by atoms with van der Waals surface area (Å²) >= 11 is 1.53. The predicted octanol–water partition coefficient (Wildman–Crippen LogP) is 2.55. The van der Waals surface area contributed by atoms with Crippen molar-refractivity contribution in [2.24, 2.45) is 0 Å². The number of anilines is 1. The fourth-order valence-corrected chi connectivity index (χ4v) is 5.11. The summed E-state index contributed by atoms with van der Waals surface area (Å²) in [4.78, 5) is 26.9. The lowest BCUT2D eigenvalue weighted by atomic mass is 9.95. The first-order chi connectivity index (χ1) is 15.7. The number of nitrogens with zero attached hydrogens (tertiary/aromatic N) is 4. The summed E-state index contributed by atoms with van der Waals surface area (Å²) < 4.78 is 6.60. The highest BCUT2D eigenvalue weighted by Gasteiger charge is 2.26. The van der Waals surface area contributed by atoms with Crippen LogP contribution in [0.1, 0.15) is 45.6 Å². The third-order valence-electron chi connectivity index (χ3n) is 5.38. The first-order valence-electron chi connectivity index (χ1n) is 10.7. The van der Waals surface area contributed by atoms with Gasteiger partial charge in [-0.2, -0.15) is 0 Å². The average molecular weight is 455 g/mol. The first kappa shape index (κ1) is 22.1. The van der Waals surface area contributed by atoms with Crippen molar-refractivity contribution in [3.8, 4) is 5.69 Å². The van der Waals surface area contributed by atoms with Crippen molar-refractivity contribution in [3.63, 3.8) is 0 Å². The molecule has 1 aliphatic rings. The van der Waals surface area contributed by atoms with Gasteiger partial charge in [0, 0.05) is 25.1 Å². The van der Waals surface area contributed by atoms with Crippen molar-refractivity contribution in [1.82, 2.24) is 25.5 Å². The Kier molecular flexibility index (Phi) is 7.23. The Balaban J connectivity index is 1.45. The van der Waals surface area contributed by atoms with Gasteiger partial charge in [0.2, 0.25) is 5.91 Å². The van der Waals surface area contributed by atoms with Crippen LogP contribution < -0.4 is 10.6 Å². The van der Waals surface area contributed by atoms with Gasteiger partial charge in [0.25, 0.3) is 5.91 Å². The maximum absolute atomic E-state index is 12.9. The molecule has 168 valence electrons. The lowest BCUT2D eigenvalue weighted by Crippen LogP contribution is -2.27. The molecule has 0 fully saturated rings. The van der Waals surface area contributed by atoms with Crippen LogP contribution in [-0.2, 0) is 28.8 Å². The molecule has 9 nitrogen and oxygen atoms in total. The van der Waals surface area contributed by atoms with Crippen LogP contribution in [0.25, 0.3) is 5.69 Å². The van der Waals surface area contributed by atoms with Crippen molar-refractivity contribution in [1.29, 1.82) is 0 Å². The van der Waals surface area contributed by atoms with E-state index in [-0.39, 0.29) is 18.2 Å². The highest BCUT2D eigenvalue weighted by atomic mass is 32.1. The summed E-state index contributed by atoms with van der Waals surface area (Å²) in [7, 11) is 1.64. The van der Waals surface area contributed by atoms with Crippen LogP contribution in [0.4, 0.5) is 5.00 Å². The Morgan fingerprint density at radius 3 is 2.75 bits per heavy atom. The van der Waals surface area contributed by atoms with Gasteiger partial charge in [-0.3, -0.25) is 9.59 Å². The molecule has 32 heavy (non-hydrogen) atoms. The Bertz CT molecular complexity index is 1060. The van der Waals surface area contributed by atoms with Crippen molar-refractivity contribution in [2.45, 2.75) is 38.5 Å². The smallest absolute Gasteiger partial charge is 0.254 e. The molecule has 0 saturated heterocycles. The number of aryl methyl sites for hydroxylation is 1. The van der Waals surface area contributed by atoms with Crippen LogP contribution in [-0.4, -0.2) is 52.3 Å². The van der Waals surface area contributed by atoms with Crippen molar-refractivity contribution >= 4 is 28.2 Å². The van der Waals surface area contributed by atoms with Gasteiger partial charge >= 0.3 is 0 Å². The second-order valence-electron chi connectivity index (χ2n) is 7.66. The van der Waals surface area contributed by atoms with Crippen LogP contribution >= 0.6 is 11.3 Å². The van der Waals surface area contributed by atoms with E-state index in [1.54, 1.807) is 11.8 Å². The summed E-state index contributed by atoms with van der Waals surface area (Å²) in [5, 5.41) is 17.7. The Morgan fingerprint density at radius 1 is 1.19 bits per heavy atom. The maximum atomic E-state index is 12.9. The fourth-order valence-electron chi connectivity index (χ4n) is 3.80. The molecular formula is C22H26N6O3S. The molecular weight excluding hydrogens is 428 g/mol. The minimum absolute atomic E-state index is 0.124. The number of amides is 2. The van der Waals surface area contributed by atoms with E-state index in [4.69, 9.17) is 4.74 Å². The van der Waals surface area contributed by atoms with Crippen LogP contribution in [0.15, 0.2) is 30.6 Å². The molecule has 1 aromatic carbocycles. The molecule has 0 spiro atoms. The maximum Gasteiger partial charge on any atom is 0.254 e. The average Bonchev–Trinajstić information content (AvgIpc) is 3.45. The minimum atomic E-state index is -0.146. The topological polar surface area (TPSA) is 111 Å². The molecule has 0 saturated carbocycles. The number of benzene rings is 1.